The van der Waals surface area contributed by atoms with Crippen molar-refractivity contribution in [2.45, 2.75) is 257 Å². The number of unbranched alkanes of at least 4 members (excludes halogenated alkanes) is 30. The Morgan fingerprint density at radius 1 is 0.490 bits per heavy atom. The van der Waals surface area contributed by atoms with Crippen molar-refractivity contribution in [3.63, 3.8) is 0 Å². The van der Waals surface area contributed by atoms with E-state index in [4.69, 9.17) is 0 Å². The third kappa shape index (κ3) is 38.4. The maximum atomic E-state index is 12.4. The van der Waals surface area contributed by atoms with Crippen molar-refractivity contribution in [2.75, 3.05) is 6.61 Å². The summed E-state index contributed by atoms with van der Waals surface area (Å²) in [4.78, 5) is 12.4. The number of carbonyl (C=O) groups is 1. The van der Waals surface area contributed by atoms with Gasteiger partial charge >= 0.3 is 0 Å². The van der Waals surface area contributed by atoms with E-state index < -0.39 is 18.2 Å². The topological polar surface area (TPSA) is 89.8 Å². The summed E-state index contributed by atoms with van der Waals surface area (Å²) < 4.78 is 0. The number of allylic oxidation sites excluding steroid dienone is 3. The molecule has 0 heterocycles. The number of amides is 1. The Labute approximate surface area is 318 Å². The fourth-order valence-electron chi connectivity index (χ4n) is 7.00. The van der Waals surface area contributed by atoms with Crippen molar-refractivity contribution in [2.24, 2.45) is 0 Å². The first-order valence-electron chi connectivity index (χ1n) is 22.6. The molecule has 0 saturated heterocycles. The van der Waals surface area contributed by atoms with Gasteiger partial charge in [0.1, 0.15) is 0 Å². The van der Waals surface area contributed by atoms with Crippen molar-refractivity contribution in [3.8, 4) is 0 Å². The SMILES string of the molecule is CCCCCCCCCCCCC/C=C/CC/C=C/C(O)C(CO)NC(=O)CC(O)CCCCCCCCCCCCCCCCCCCCC. The average molecular weight is 720 g/mol. The van der Waals surface area contributed by atoms with Gasteiger partial charge in [-0.3, -0.25) is 4.79 Å². The number of hydrogen-bond donors (Lipinski definition) is 4. The Balaban J connectivity index is 3.67. The van der Waals surface area contributed by atoms with Crippen molar-refractivity contribution in [3.05, 3.63) is 24.3 Å². The molecule has 0 spiro atoms. The molecule has 3 atom stereocenters. The van der Waals surface area contributed by atoms with Gasteiger partial charge in [0.2, 0.25) is 5.91 Å². The zero-order valence-electron chi connectivity index (χ0n) is 34.2. The highest BCUT2D eigenvalue weighted by Crippen LogP contribution is 2.16. The Morgan fingerprint density at radius 2 is 0.843 bits per heavy atom. The highest BCUT2D eigenvalue weighted by Gasteiger charge is 2.20. The molecule has 0 bridgehead atoms. The quantitative estimate of drug-likeness (QED) is 0.0374. The molecule has 0 rings (SSSR count). The van der Waals surface area contributed by atoms with Crippen LogP contribution in [-0.2, 0) is 4.79 Å². The lowest BCUT2D eigenvalue weighted by Crippen LogP contribution is -2.45. The van der Waals surface area contributed by atoms with Crippen LogP contribution in [0.25, 0.3) is 0 Å². The van der Waals surface area contributed by atoms with Gasteiger partial charge in [-0.1, -0.05) is 224 Å². The summed E-state index contributed by atoms with van der Waals surface area (Å²) in [6.07, 6.45) is 50.4. The molecule has 0 aromatic heterocycles. The summed E-state index contributed by atoms with van der Waals surface area (Å²) in [6.45, 7) is 4.21. The lowest BCUT2D eigenvalue weighted by atomic mass is 10.0. The van der Waals surface area contributed by atoms with Gasteiger partial charge in [-0.05, 0) is 32.1 Å². The Morgan fingerprint density at radius 3 is 1.25 bits per heavy atom. The van der Waals surface area contributed by atoms with E-state index in [2.05, 4.69) is 31.3 Å². The van der Waals surface area contributed by atoms with Crippen molar-refractivity contribution in [1.29, 1.82) is 0 Å². The number of aliphatic hydroxyl groups is 3. The third-order valence-corrected chi connectivity index (χ3v) is 10.5. The van der Waals surface area contributed by atoms with Crippen LogP contribution in [0, 0.1) is 0 Å². The van der Waals surface area contributed by atoms with E-state index in [1.54, 1.807) is 6.08 Å². The predicted molar refractivity (Wildman–Crippen MR) is 222 cm³/mol. The molecule has 302 valence electrons. The average Bonchev–Trinajstić information content (AvgIpc) is 3.12. The summed E-state index contributed by atoms with van der Waals surface area (Å²) in [5.74, 6) is -0.322. The molecule has 0 radical (unpaired) electrons. The maximum Gasteiger partial charge on any atom is 0.222 e. The number of rotatable bonds is 41. The first-order valence-corrected chi connectivity index (χ1v) is 22.6. The van der Waals surface area contributed by atoms with Gasteiger partial charge in [-0.2, -0.15) is 0 Å². The fraction of sp³-hybridized carbons (Fsp3) is 0.891. The minimum Gasteiger partial charge on any atom is -0.394 e. The second-order valence-corrected chi connectivity index (χ2v) is 15.7. The van der Waals surface area contributed by atoms with E-state index in [0.717, 1.165) is 32.1 Å². The molecule has 0 aliphatic carbocycles. The van der Waals surface area contributed by atoms with Crippen molar-refractivity contribution >= 4 is 5.91 Å². The fourth-order valence-corrected chi connectivity index (χ4v) is 7.00. The summed E-state index contributed by atoms with van der Waals surface area (Å²) in [5, 5.41) is 33.2. The molecule has 5 nitrogen and oxygen atoms in total. The van der Waals surface area contributed by atoms with E-state index in [9.17, 15) is 20.1 Å². The van der Waals surface area contributed by atoms with Gasteiger partial charge in [-0.15, -0.1) is 0 Å². The minimum absolute atomic E-state index is 0.00982. The molecule has 1 amide bonds. The third-order valence-electron chi connectivity index (χ3n) is 10.5. The Kier molecular flexibility index (Phi) is 40.6. The van der Waals surface area contributed by atoms with Crippen LogP contribution >= 0.6 is 0 Å². The molecule has 0 aliphatic rings. The summed E-state index contributed by atoms with van der Waals surface area (Å²) in [7, 11) is 0. The highest BCUT2D eigenvalue weighted by atomic mass is 16.3. The lowest BCUT2D eigenvalue weighted by molar-refractivity contribution is -0.124. The van der Waals surface area contributed by atoms with Gasteiger partial charge in [0.25, 0.3) is 0 Å². The van der Waals surface area contributed by atoms with E-state index in [1.165, 1.54) is 180 Å². The monoisotopic (exact) mass is 720 g/mol. The van der Waals surface area contributed by atoms with Gasteiger partial charge < -0.3 is 20.6 Å². The summed E-state index contributed by atoms with van der Waals surface area (Å²) in [5.41, 5.74) is 0. The number of aliphatic hydroxyl groups excluding tert-OH is 3. The van der Waals surface area contributed by atoms with E-state index in [-0.39, 0.29) is 18.9 Å². The molecule has 5 heteroatoms. The Hall–Kier alpha value is -1.17. The lowest BCUT2D eigenvalue weighted by Gasteiger charge is -2.21. The first kappa shape index (κ1) is 49.8. The zero-order valence-corrected chi connectivity index (χ0v) is 34.2. The Bertz CT molecular complexity index is 754. The van der Waals surface area contributed by atoms with Crippen LogP contribution in [-0.4, -0.2) is 46.1 Å². The number of nitrogens with one attached hydrogen (secondary N) is 1. The summed E-state index contributed by atoms with van der Waals surface area (Å²) in [6, 6.07) is -0.757. The second kappa shape index (κ2) is 41.6. The molecule has 0 aliphatic heterocycles. The highest BCUT2D eigenvalue weighted by molar-refractivity contribution is 5.76. The second-order valence-electron chi connectivity index (χ2n) is 15.7. The van der Waals surface area contributed by atoms with Crippen LogP contribution in [0.1, 0.15) is 239 Å². The van der Waals surface area contributed by atoms with Crippen LogP contribution in [0.5, 0.6) is 0 Å². The van der Waals surface area contributed by atoms with Crippen LogP contribution in [0.15, 0.2) is 24.3 Å². The van der Waals surface area contributed by atoms with E-state index in [0.29, 0.717) is 6.42 Å². The van der Waals surface area contributed by atoms with E-state index in [1.807, 2.05) is 6.08 Å². The van der Waals surface area contributed by atoms with Gasteiger partial charge in [0.05, 0.1) is 31.3 Å². The summed E-state index contributed by atoms with van der Waals surface area (Å²) >= 11 is 0. The van der Waals surface area contributed by atoms with Crippen LogP contribution in [0.4, 0.5) is 0 Å². The molecular formula is C46H89NO4. The molecule has 51 heavy (non-hydrogen) atoms. The maximum absolute atomic E-state index is 12.4. The molecule has 0 aromatic carbocycles. The van der Waals surface area contributed by atoms with Gasteiger partial charge in [0, 0.05) is 0 Å². The first-order chi connectivity index (χ1) is 25.0. The zero-order chi connectivity index (χ0) is 37.3. The number of carbonyl (C=O) groups excluding carboxylic acids is 1. The van der Waals surface area contributed by atoms with E-state index >= 15 is 0 Å². The molecule has 4 N–H and O–H groups in total. The molecule has 3 unspecified atom stereocenters. The standard InChI is InChI=1S/C46H89NO4/c1-3-5-7-9-11-13-15-17-19-21-22-24-25-27-29-31-33-35-37-39-43(49)41-46(51)47-44(42-48)45(50)40-38-36-34-32-30-28-26-23-20-18-16-14-12-10-8-6-4-2/h30,32,38,40,43-45,48-50H,3-29,31,33-37,39,41-42H2,1-2H3,(H,47,51)/b32-30+,40-38+. The van der Waals surface area contributed by atoms with Crippen molar-refractivity contribution in [1.82, 2.24) is 5.32 Å². The van der Waals surface area contributed by atoms with Gasteiger partial charge in [0.15, 0.2) is 0 Å². The van der Waals surface area contributed by atoms with Gasteiger partial charge in [-0.25, -0.2) is 0 Å². The van der Waals surface area contributed by atoms with Crippen LogP contribution < -0.4 is 5.32 Å². The normalized spacial score (nSPS) is 13.7. The molecule has 0 aromatic rings. The molecule has 0 fully saturated rings. The van der Waals surface area contributed by atoms with Crippen LogP contribution in [0.3, 0.4) is 0 Å². The minimum atomic E-state index is -0.948. The molecular weight excluding hydrogens is 631 g/mol. The predicted octanol–water partition coefficient (Wildman–Crippen LogP) is 13.0. The smallest absolute Gasteiger partial charge is 0.222 e. The van der Waals surface area contributed by atoms with Crippen LogP contribution in [0.2, 0.25) is 0 Å². The molecule has 0 saturated carbocycles. The van der Waals surface area contributed by atoms with Crippen molar-refractivity contribution < 1.29 is 20.1 Å². The largest absolute Gasteiger partial charge is 0.394 e. The number of hydrogen-bond acceptors (Lipinski definition) is 4.